The molecule has 1 N–H and O–H groups in total. The zero-order valence-electron chi connectivity index (χ0n) is 8.70. The second-order valence-electron chi connectivity index (χ2n) is 4.65. The van der Waals surface area contributed by atoms with Crippen molar-refractivity contribution in [2.45, 2.75) is 31.7 Å². The van der Waals surface area contributed by atoms with Gasteiger partial charge < -0.3 is 5.32 Å². The van der Waals surface area contributed by atoms with Gasteiger partial charge in [-0.2, -0.15) is 0 Å². The summed E-state index contributed by atoms with van der Waals surface area (Å²) in [6, 6.07) is 0.563. The van der Waals surface area contributed by atoms with Crippen LogP contribution in [-0.2, 0) is 9.84 Å². The fraction of sp³-hybridized carbons (Fsp3) is 1.00. The van der Waals surface area contributed by atoms with Crippen molar-refractivity contribution in [1.82, 2.24) is 5.32 Å². The fourth-order valence-electron chi connectivity index (χ4n) is 3.07. The Morgan fingerprint density at radius 3 is 2.57 bits per heavy atom. The lowest BCUT2D eigenvalue weighted by Gasteiger charge is -2.23. The Morgan fingerprint density at radius 2 is 2.00 bits per heavy atom. The molecule has 1 saturated heterocycles. The highest BCUT2D eigenvalue weighted by molar-refractivity contribution is 7.91. The Morgan fingerprint density at radius 1 is 1.21 bits per heavy atom. The maximum absolute atomic E-state index is 11.4. The quantitative estimate of drug-likeness (QED) is 0.744. The third-order valence-corrected chi connectivity index (χ3v) is 5.61. The standard InChI is InChI=1S/C10H19NO2S/c1-11-10-4-2-3-9(10)8-5-6-14(12,13)7-8/h8-11H,2-7H2,1H3. The van der Waals surface area contributed by atoms with E-state index >= 15 is 0 Å². The minimum absolute atomic E-state index is 0.421. The molecule has 3 atom stereocenters. The van der Waals surface area contributed by atoms with Gasteiger partial charge in [-0.05, 0) is 38.1 Å². The van der Waals surface area contributed by atoms with Crippen molar-refractivity contribution in [3.8, 4) is 0 Å². The smallest absolute Gasteiger partial charge is 0.150 e. The van der Waals surface area contributed by atoms with Crippen molar-refractivity contribution < 1.29 is 8.42 Å². The van der Waals surface area contributed by atoms with E-state index in [-0.39, 0.29) is 0 Å². The SMILES string of the molecule is CNC1CCCC1C1CCS(=O)(=O)C1. The number of hydrogen-bond acceptors (Lipinski definition) is 3. The predicted octanol–water partition coefficient (Wildman–Crippen LogP) is 0.809. The zero-order valence-corrected chi connectivity index (χ0v) is 9.52. The van der Waals surface area contributed by atoms with Crippen LogP contribution in [0.15, 0.2) is 0 Å². The Hall–Kier alpha value is -0.0900. The first-order valence-corrected chi connectivity index (χ1v) is 7.32. The van der Waals surface area contributed by atoms with Crippen LogP contribution in [0.2, 0.25) is 0 Å². The summed E-state index contributed by atoms with van der Waals surface area (Å²) in [4.78, 5) is 0. The molecule has 14 heavy (non-hydrogen) atoms. The molecular formula is C10H19NO2S. The fourth-order valence-corrected chi connectivity index (χ4v) is 4.97. The summed E-state index contributed by atoms with van der Waals surface area (Å²) in [7, 11) is -0.700. The van der Waals surface area contributed by atoms with E-state index in [1.165, 1.54) is 19.3 Å². The lowest BCUT2D eigenvalue weighted by molar-refractivity contribution is 0.312. The zero-order chi connectivity index (χ0) is 10.2. The number of rotatable bonds is 2. The van der Waals surface area contributed by atoms with Crippen molar-refractivity contribution in [3.63, 3.8) is 0 Å². The molecule has 1 aliphatic heterocycles. The van der Waals surface area contributed by atoms with E-state index in [2.05, 4.69) is 5.32 Å². The van der Waals surface area contributed by atoms with Crippen molar-refractivity contribution in [2.24, 2.45) is 11.8 Å². The van der Waals surface area contributed by atoms with Gasteiger partial charge in [0.05, 0.1) is 11.5 Å². The maximum atomic E-state index is 11.4. The Labute approximate surface area is 86.2 Å². The van der Waals surface area contributed by atoms with Crippen molar-refractivity contribution in [3.05, 3.63) is 0 Å². The molecule has 2 aliphatic rings. The van der Waals surface area contributed by atoms with Crippen LogP contribution in [-0.4, -0.2) is 33.0 Å². The van der Waals surface area contributed by atoms with E-state index in [1.807, 2.05) is 7.05 Å². The average molecular weight is 217 g/mol. The second kappa shape index (κ2) is 3.81. The largest absolute Gasteiger partial charge is 0.317 e. The third-order valence-electron chi connectivity index (χ3n) is 3.81. The van der Waals surface area contributed by atoms with Gasteiger partial charge in [0.15, 0.2) is 9.84 Å². The van der Waals surface area contributed by atoms with E-state index in [0.717, 1.165) is 6.42 Å². The molecule has 0 aromatic carbocycles. The molecule has 1 saturated carbocycles. The molecule has 3 nitrogen and oxygen atoms in total. The summed E-state index contributed by atoms with van der Waals surface area (Å²) < 4.78 is 22.7. The van der Waals surface area contributed by atoms with Crippen LogP contribution in [0.4, 0.5) is 0 Å². The first kappa shape index (κ1) is 10.4. The molecule has 0 radical (unpaired) electrons. The number of hydrogen-bond donors (Lipinski definition) is 1. The van der Waals surface area contributed by atoms with E-state index in [9.17, 15) is 8.42 Å². The molecule has 1 heterocycles. The van der Waals surface area contributed by atoms with Gasteiger partial charge in [0, 0.05) is 6.04 Å². The molecule has 0 amide bonds. The number of nitrogens with one attached hydrogen (secondary N) is 1. The van der Waals surface area contributed by atoms with Crippen molar-refractivity contribution in [2.75, 3.05) is 18.6 Å². The predicted molar refractivity (Wildman–Crippen MR) is 56.9 cm³/mol. The van der Waals surface area contributed by atoms with Crippen LogP contribution in [0.25, 0.3) is 0 Å². The Kier molecular flexibility index (Phi) is 2.84. The minimum Gasteiger partial charge on any atom is -0.317 e. The first-order chi connectivity index (χ1) is 6.62. The number of sulfone groups is 1. The second-order valence-corrected chi connectivity index (χ2v) is 6.88. The topological polar surface area (TPSA) is 46.2 Å². The molecular weight excluding hydrogens is 198 g/mol. The van der Waals surface area contributed by atoms with E-state index in [1.54, 1.807) is 0 Å². The lowest BCUT2D eigenvalue weighted by Crippen LogP contribution is -2.33. The summed E-state index contributed by atoms with van der Waals surface area (Å²) in [5, 5.41) is 3.32. The lowest BCUT2D eigenvalue weighted by atomic mass is 9.88. The molecule has 0 bridgehead atoms. The van der Waals surface area contributed by atoms with Gasteiger partial charge in [-0.3, -0.25) is 0 Å². The third kappa shape index (κ3) is 1.96. The summed E-state index contributed by atoms with van der Waals surface area (Å²) >= 11 is 0. The molecule has 1 aliphatic carbocycles. The van der Waals surface area contributed by atoms with Crippen LogP contribution in [0.3, 0.4) is 0 Å². The van der Waals surface area contributed by atoms with Gasteiger partial charge in [-0.15, -0.1) is 0 Å². The van der Waals surface area contributed by atoms with E-state index in [4.69, 9.17) is 0 Å². The normalized spacial score (nSPS) is 41.6. The van der Waals surface area contributed by atoms with Gasteiger partial charge in [0.25, 0.3) is 0 Å². The van der Waals surface area contributed by atoms with Crippen LogP contribution < -0.4 is 5.32 Å². The molecule has 0 aromatic rings. The first-order valence-electron chi connectivity index (χ1n) is 5.50. The van der Waals surface area contributed by atoms with Crippen LogP contribution >= 0.6 is 0 Å². The highest BCUT2D eigenvalue weighted by Crippen LogP contribution is 2.37. The Bertz CT molecular complexity index is 299. The van der Waals surface area contributed by atoms with Crippen LogP contribution in [0, 0.1) is 11.8 Å². The molecule has 0 spiro atoms. The molecule has 2 rings (SSSR count). The maximum Gasteiger partial charge on any atom is 0.150 e. The summed E-state index contributed by atoms with van der Waals surface area (Å²) in [6.07, 6.45) is 4.58. The van der Waals surface area contributed by atoms with Gasteiger partial charge in [-0.25, -0.2) is 8.42 Å². The minimum atomic E-state index is -2.69. The Balaban J connectivity index is 2.02. The van der Waals surface area contributed by atoms with Crippen molar-refractivity contribution >= 4 is 9.84 Å². The van der Waals surface area contributed by atoms with Crippen molar-refractivity contribution in [1.29, 1.82) is 0 Å². The molecule has 82 valence electrons. The van der Waals surface area contributed by atoms with Gasteiger partial charge in [0.1, 0.15) is 0 Å². The summed E-state index contributed by atoms with van der Waals surface area (Å²) in [6.45, 7) is 0. The molecule has 3 unspecified atom stereocenters. The van der Waals surface area contributed by atoms with Gasteiger partial charge >= 0.3 is 0 Å². The summed E-state index contributed by atoms with van der Waals surface area (Å²) in [5.41, 5.74) is 0. The van der Waals surface area contributed by atoms with Gasteiger partial charge in [-0.1, -0.05) is 6.42 Å². The molecule has 2 fully saturated rings. The highest BCUT2D eigenvalue weighted by Gasteiger charge is 2.38. The monoisotopic (exact) mass is 217 g/mol. The average Bonchev–Trinajstić information content (AvgIpc) is 2.70. The van der Waals surface area contributed by atoms with E-state index < -0.39 is 9.84 Å². The van der Waals surface area contributed by atoms with Crippen LogP contribution in [0.1, 0.15) is 25.7 Å². The van der Waals surface area contributed by atoms with Gasteiger partial charge in [0.2, 0.25) is 0 Å². The van der Waals surface area contributed by atoms with Crippen LogP contribution in [0.5, 0.6) is 0 Å². The highest BCUT2D eigenvalue weighted by atomic mass is 32.2. The molecule has 0 aromatic heterocycles. The molecule has 4 heteroatoms. The van der Waals surface area contributed by atoms with E-state index in [0.29, 0.717) is 29.4 Å². The summed E-state index contributed by atoms with van der Waals surface area (Å²) in [5.74, 6) is 1.90.